The van der Waals surface area contributed by atoms with Gasteiger partial charge in [0.1, 0.15) is 5.78 Å². The minimum absolute atomic E-state index is 0.382. The second-order valence-electron chi connectivity index (χ2n) is 3.71. The Bertz CT molecular complexity index is 320. The highest BCUT2D eigenvalue weighted by atomic mass is 32.2. The Hall–Kier alpha value is -0.760. The third-order valence-electron chi connectivity index (χ3n) is 2.52. The van der Waals surface area contributed by atoms with Crippen LogP contribution in [0.3, 0.4) is 0 Å². The molecule has 1 nitrogen and oxygen atoms in total. The van der Waals surface area contributed by atoms with Crippen LogP contribution in [-0.4, -0.2) is 17.8 Å². The fourth-order valence-corrected chi connectivity index (χ4v) is 1.94. The summed E-state index contributed by atoms with van der Waals surface area (Å²) in [5, 5.41) is 0. The van der Waals surface area contributed by atoms with Crippen molar-refractivity contribution >= 4 is 17.5 Å². The molecule has 0 unspecified atom stereocenters. The summed E-state index contributed by atoms with van der Waals surface area (Å²) in [6.45, 7) is 2.10. The summed E-state index contributed by atoms with van der Waals surface area (Å²) >= 11 is 1.73. The molecule has 0 aromatic heterocycles. The summed E-state index contributed by atoms with van der Waals surface area (Å²) in [5.74, 6) is 1.33. The molecule has 15 heavy (non-hydrogen) atoms. The van der Waals surface area contributed by atoms with Crippen LogP contribution in [0, 0.1) is 6.92 Å². The summed E-state index contributed by atoms with van der Waals surface area (Å²) in [6.07, 6.45) is 4.33. The van der Waals surface area contributed by atoms with Crippen molar-refractivity contribution < 1.29 is 4.79 Å². The summed E-state index contributed by atoms with van der Waals surface area (Å²) < 4.78 is 0. The summed E-state index contributed by atoms with van der Waals surface area (Å²) in [6, 6.07) is 8.28. The average molecular weight is 222 g/mol. The maximum atomic E-state index is 11.5. The van der Waals surface area contributed by atoms with Gasteiger partial charge in [-0.3, -0.25) is 4.79 Å². The zero-order chi connectivity index (χ0) is 11.1. The number of rotatable bonds is 6. The van der Waals surface area contributed by atoms with Crippen LogP contribution in [0.4, 0.5) is 0 Å². The molecule has 1 rings (SSSR count). The van der Waals surface area contributed by atoms with E-state index in [0.717, 1.165) is 12.2 Å². The Morgan fingerprint density at radius 1 is 1.27 bits per heavy atom. The minimum atomic E-state index is 0.382. The molecule has 0 amide bonds. The summed E-state index contributed by atoms with van der Waals surface area (Å²) in [4.78, 5) is 11.5. The van der Waals surface area contributed by atoms with Crippen molar-refractivity contribution in [2.24, 2.45) is 0 Å². The zero-order valence-corrected chi connectivity index (χ0v) is 10.3. The summed E-state index contributed by atoms with van der Waals surface area (Å²) in [5.41, 5.74) is 2.59. The normalized spacial score (nSPS) is 10.3. The molecule has 0 fully saturated rings. The molecule has 0 saturated heterocycles. The van der Waals surface area contributed by atoms with Gasteiger partial charge < -0.3 is 0 Å². The zero-order valence-electron chi connectivity index (χ0n) is 9.45. The fraction of sp³-hybridized carbons (Fsp3) is 0.462. The number of ketones is 1. The molecular formula is C13H18OS. The Morgan fingerprint density at radius 2 is 2.00 bits per heavy atom. The van der Waals surface area contributed by atoms with E-state index in [1.807, 2.05) is 18.4 Å². The quantitative estimate of drug-likeness (QED) is 0.735. The van der Waals surface area contributed by atoms with E-state index in [4.69, 9.17) is 0 Å². The largest absolute Gasteiger partial charge is 0.300 e. The molecule has 0 aliphatic carbocycles. The Balaban J connectivity index is 2.37. The maximum Gasteiger partial charge on any atom is 0.134 e. The predicted molar refractivity (Wildman–Crippen MR) is 67.5 cm³/mol. The van der Waals surface area contributed by atoms with Gasteiger partial charge in [-0.05, 0) is 36.5 Å². The number of hydrogen-bond acceptors (Lipinski definition) is 2. The first-order valence-corrected chi connectivity index (χ1v) is 6.68. The van der Waals surface area contributed by atoms with Gasteiger partial charge in [-0.1, -0.05) is 24.3 Å². The molecule has 1 aromatic rings. The topological polar surface area (TPSA) is 17.1 Å². The van der Waals surface area contributed by atoms with Gasteiger partial charge in [0.25, 0.3) is 0 Å². The van der Waals surface area contributed by atoms with E-state index in [0.29, 0.717) is 18.6 Å². The fourth-order valence-electron chi connectivity index (χ4n) is 1.51. The van der Waals surface area contributed by atoms with E-state index in [1.165, 1.54) is 11.1 Å². The molecule has 0 aliphatic rings. The van der Waals surface area contributed by atoms with Crippen LogP contribution in [0.15, 0.2) is 24.3 Å². The molecule has 0 heterocycles. The molecule has 0 aliphatic heterocycles. The number of Topliss-reactive ketones (excluding diaryl/α,β-unsaturated/α-hetero) is 1. The molecule has 0 spiro atoms. The lowest BCUT2D eigenvalue weighted by atomic mass is 10.0. The van der Waals surface area contributed by atoms with E-state index < -0.39 is 0 Å². The van der Waals surface area contributed by atoms with Crippen molar-refractivity contribution in [3.8, 4) is 0 Å². The first-order valence-electron chi connectivity index (χ1n) is 5.29. The first-order chi connectivity index (χ1) is 7.24. The van der Waals surface area contributed by atoms with Crippen LogP contribution >= 0.6 is 11.8 Å². The SMILES string of the molecule is CSCCC(=O)CCc1ccccc1C. The third kappa shape index (κ3) is 4.52. The van der Waals surface area contributed by atoms with Gasteiger partial charge in [0.05, 0.1) is 0 Å². The highest BCUT2D eigenvalue weighted by Crippen LogP contribution is 2.10. The lowest BCUT2D eigenvalue weighted by Crippen LogP contribution is -2.02. The van der Waals surface area contributed by atoms with E-state index >= 15 is 0 Å². The van der Waals surface area contributed by atoms with Crippen molar-refractivity contribution in [3.05, 3.63) is 35.4 Å². The minimum Gasteiger partial charge on any atom is -0.300 e. The second kappa shape index (κ2) is 6.67. The number of thioether (sulfide) groups is 1. The average Bonchev–Trinajstić information content (AvgIpc) is 2.25. The molecule has 0 atom stereocenters. The molecular weight excluding hydrogens is 204 g/mol. The number of benzene rings is 1. The van der Waals surface area contributed by atoms with Gasteiger partial charge in [-0.2, -0.15) is 11.8 Å². The molecule has 1 aromatic carbocycles. The summed E-state index contributed by atoms with van der Waals surface area (Å²) in [7, 11) is 0. The van der Waals surface area contributed by atoms with Crippen molar-refractivity contribution in [2.75, 3.05) is 12.0 Å². The lowest BCUT2D eigenvalue weighted by molar-refractivity contribution is -0.118. The molecule has 2 heteroatoms. The van der Waals surface area contributed by atoms with E-state index in [-0.39, 0.29) is 0 Å². The van der Waals surface area contributed by atoms with Crippen LogP contribution in [0.25, 0.3) is 0 Å². The Labute approximate surface area is 96.3 Å². The second-order valence-corrected chi connectivity index (χ2v) is 4.69. The van der Waals surface area contributed by atoms with Crippen molar-refractivity contribution in [2.45, 2.75) is 26.2 Å². The molecule has 82 valence electrons. The standard InChI is InChI=1S/C13H18OS/c1-11-5-3-4-6-12(11)7-8-13(14)9-10-15-2/h3-6H,7-10H2,1-2H3. The van der Waals surface area contributed by atoms with Crippen molar-refractivity contribution in [3.63, 3.8) is 0 Å². The van der Waals surface area contributed by atoms with Gasteiger partial charge in [0.15, 0.2) is 0 Å². The van der Waals surface area contributed by atoms with E-state index in [1.54, 1.807) is 11.8 Å². The smallest absolute Gasteiger partial charge is 0.134 e. The van der Waals surface area contributed by atoms with Gasteiger partial charge in [-0.15, -0.1) is 0 Å². The highest BCUT2D eigenvalue weighted by Gasteiger charge is 2.03. The molecule has 0 saturated carbocycles. The number of hydrogen-bond donors (Lipinski definition) is 0. The van der Waals surface area contributed by atoms with E-state index in [9.17, 15) is 4.79 Å². The lowest BCUT2D eigenvalue weighted by Gasteiger charge is -2.04. The van der Waals surface area contributed by atoms with Crippen LogP contribution in [0.5, 0.6) is 0 Å². The Morgan fingerprint density at radius 3 is 2.67 bits per heavy atom. The Kier molecular flexibility index (Phi) is 5.48. The highest BCUT2D eigenvalue weighted by molar-refractivity contribution is 7.98. The first kappa shape index (κ1) is 12.3. The molecule has 0 radical (unpaired) electrons. The van der Waals surface area contributed by atoms with Gasteiger partial charge in [0, 0.05) is 12.8 Å². The van der Waals surface area contributed by atoms with Crippen molar-refractivity contribution in [1.82, 2.24) is 0 Å². The van der Waals surface area contributed by atoms with Gasteiger partial charge in [-0.25, -0.2) is 0 Å². The maximum absolute atomic E-state index is 11.5. The molecule has 0 N–H and O–H groups in total. The number of aryl methyl sites for hydroxylation is 2. The van der Waals surface area contributed by atoms with Gasteiger partial charge in [0.2, 0.25) is 0 Å². The predicted octanol–water partition coefficient (Wildman–Crippen LogP) is 3.25. The van der Waals surface area contributed by atoms with E-state index in [2.05, 4.69) is 19.1 Å². The number of carbonyl (C=O) groups excluding carboxylic acids is 1. The van der Waals surface area contributed by atoms with Gasteiger partial charge >= 0.3 is 0 Å². The van der Waals surface area contributed by atoms with Crippen LogP contribution < -0.4 is 0 Å². The molecule has 0 bridgehead atoms. The third-order valence-corrected chi connectivity index (χ3v) is 3.13. The van der Waals surface area contributed by atoms with Crippen LogP contribution in [-0.2, 0) is 11.2 Å². The van der Waals surface area contributed by atoms with Crippen LogP contribution in [0.2, 0.25) is 0 Å². The van der Waals surface area contributed by atoms with Crippen LogP contribution in [0.1, 0.15) is 24.0 Å². The monoisotopic (exact) mass is 222 g/mol. The number of carbonyl (C=O) groups is 1. The van der Waals surface area contributed by atoms with Crippen molar-refractivity contribution in [1.29, 1.82) is 0 Å².